The lowest BCUT2D eigenvalue weighted by molar-refractivity contribution is 0.111. The maximum atomic E-state index is 11.0. The fourth-order valence-corrected chi connectivity index (χ4v) is 2.29. The van der Waals surface area contributed by atoms with Crippen molar-refractivity contribution in [3.63, 3.8) is 0 Å². The smallest absolute Gasteiger partial charge is 0.172 e. The van der Waals surface area contributed by atoms with Crippen molar-refractivity contribution in [3.05, 3.63) is 35.7 Å². The molecule has 0 aliphatic heterocycles. The lowest BCUT2D eigenvalue weighted by Crippen LogP contribution is -2.11. The molecule has 23 heavy (non-hydrogen) atoms. The molecule has 0 bridgehead atoms. The number of hydrogen-bond acceptors (Lipinski definition) is 5. The highest BCUT2D eigenvalue weighted by atomic mass is 16.5. The van der Waals surface area contributed by atoms with Crippen LogP contribution in [0.5, 0.6) is 11.5 Å². The summed E-state index contributed by atoms with van der Waals surface area (Å²) in [4.78, 5) is 11.0. The van der Waals surface area contributed by atoms with Crippen molar-refractivity contribution in [1.82, 2.24) is 15.0 Å². The molecule has 0 spiro atoms. The SMILES string of the molecule is COc1ccc(OCCCn2nnc(C=O)c2CC(C)C)cc1. The van der Waals surface area contributed by atoms with E-state index < -0.39 is 0 Å². The van der Waals surface area contributed by atoms with Crippen LogP contribution in [0.25, 0.3) is 0 Å². The molecule has 0 atom stereocenters. The summed E-state index contributed by atoms with van der Waals surface area (Å²) in [5.74, 6) is 2.06. The van der Waals surface area contributed by atoms with Crippen molar-refractivity contribution in [3.8, 4) is 11.5 Å². The molecule has 0 aliphatic carbocycles. The van der Waals surface area contributed by atoms with Gasteiger partial charge in [-0.2, -0.15) is 0 Å². The van der Waals surface area contributed by atoms with Gasteiger partial charge in [-0.3, -0.25) is 4.79 Å². The molecular formula is C17H23N3O3. The molecule has 0 aliphatic rings. The minimum atomic E-state index is 0.440. The first-order valence-electron chi connectivity index (χ1n) is 7.78. The molecule has 2 rings (SSSR count). The number of carbonyl (C=O) groups excluding carboxylic acids is 1. The number of hydrogen-bond donors (Lipinski definition) is 0. The van der Waals surface area contributed by atoms with Gasteiger partial charge in [-0.05, 0) is 36.6 Å². The zero-order chi connectivity index (χ0) is 16.7. The topological polar surface area (TPSA) is 66.2 Å². The predicted octanol–water partition coefficient (Wildman–Crippen LogP) is 2.77. The zero-order valence-electron chi connectivity index (χ0n) is 13.9. The van der Waals surface area contributed by atoms with Gasteiger partial charge in [0.05, 0.1) is 19.4 Å². The summed E-state index contributed by atoms with van der Waals surface area (Å²) in [5.41, 5.74) is 1.34. The van der Waals surface area contributed by atoms with Gasteiger partial charge in [0.15, 0.2) is 6.29 Å². The number of rotatable bonds is 9. The first-order valence-corrected chi connectivity index (χ1v) is 7.78. The molecule has 2 aromatic rings. The van der Waals surface area contributed by atoms with Gasteiger partial charge in [-0.25, -0.2) is 4.68 Å². The average Bonchev–Trinajstić information content (AvgIpc) is 2.93. The van der Waals surface area contributed by atoms with Crippen LogP contribution in [0.2, 0.25) is 0 Å². The molecule has 0 fully saturated rings. The van der Waals surface area contributed by atoms with Crippen LogP contribution < -0.4 is 9.47 Å². The monoisotopic (exact) mass is 317 g/mol. The molecule has 0 unspecified atom stereocenters. The van der Waals surface area contributed by atoms with Crippen molar-refractivity contribution in [1.29, 1.82) is 0 Å². The first-order chi connectivity index (χ1) is 11.1. The van der Waals surface area contributed by atoms with E-state index in [1.807, 2.05) is 24.3 Å². The lowest BCUT2D eigenvalue weighted by atomic mass is 10.1. The summed E-state index contributed by atoms with van der Waals surface area (Å²) in [5, 5.41) is 8.00. The fourth-order valence-electron chi connectivity index (χ4n) is 2.29. The molecule has 1 aromatic carbocycles. The van der Waals surface area contributed by atoms with E-state index in [4.69, 9.17) is 9.47 Å². The lowest BCUT2D eigenvalue weighted by Gasteiger charge is -2.10. The van der Waals surface area contributed by atoms with Crippen LogP contribution >= 0.6 is 0 Å². The van der Waals surface area contributed by atoms with Crippen molar-refractivity contribution in [2.24, 2.45) is 5.92 Å². The third-order valence-corrected chi connectivity index (χ3v) is 3.42. The van der Waals surface area contributed by atoms with Gasteiger partial charge in [-0.15, -0.1) is 5.10 Å². The quantitative estimate of drug-likeness (QED) is 0.525. The Balaban J connectivity index is 1.86. The van der Waals surface area contributed by atoms with E-state index in [-0.39, 0.29) is 0 Å². The summed E-state index contributed by atoms with van der Waals surface area (Å²) < 4.78 is 12.6. The molecule has 1 heterocycles. The van der Waals surface area contributed by atoms with E-state index in [2.05, 4.69) is 24.2 Å². The summed E-state index contributed by atoms with van der Waals surface area (Å²) in [7, 11) is 1.64. The van der Waals surface area contributed by atoms with Crippen molar-refractivity contribution in [2.45, 2.75) is 33.2 Å². The molecule has 1 aromatic heterocycles. The van der Waals surface area contributed by atoms with Gasteiger partial charge in [0, 0.05) is 13.0 Å². The van der Waals surface area contributed by atoms with E-state index in [1.54, 1.807) is 11.8 Å². The van der Waals surface area contributed by atoms with Crippen LogP contribution in [0.4, 0.5) is 0 Å². The first kappa shape index (κ1) is 17.0. The van der Waals surface area contributed by atoms with Crippen LogP contribution in [0.1, 0.15) is 36.5 Å². The second-order valence-electron chi connectivity index (χ2n) is 5.74. The maximum Gasteiger partial charge on any atom is 0.172 e. The van der Waals surface area contributed by atoms with Gasteiger partial charge >= 0.3 is 0 Å². The molecule has 0 N–H and O–H groups in total. The molecule has 6 nitrogen and oxygen atoms in total. The minimum absolute atomic E-state index is 0.440. The normalized spacial score (nSPS) is 10.8. The summed E-state index contributed by atoms with van der Waals surface area (Å²) >= 11 is 0. The Morgan fingerprint density at radius 3 is 2.52 bits per heavy atom. The number of methoxy groups -OCH3 is 1. The standard InChI is InChI=1S/C17H23N3O3/c1-13(2)11-17-16(12-21)18-19-20(17)9-4-10-23-15-7-5-14(22-3)6-8-15/h5-8,12-13H,4,9-11H2,1-3H3. The minimum Gasteiger partial charge on any atom is -0.497 e. The maximum absolute atomic E-state index is 11.0. The number of carbonyl (C=O) groups is 1. The summed E-state index contributed by atoms with van der Waals surface area (Å²) in [6, 6.07) is 7.49. The Labute approximate surface area is 136 Å². The Hall–Kier alpha value is -2.37. The second-order valence-corrected chi connectivity index (χ2v) is 5.74. The Morgan fingerprint density at radius 2 is 1.91 bits per heavy atom. The summed E-state index contributed by atoms with van der Waals surface area (Å²) in [6.45, 7) is 5.47. The predicted molar refractivity (Wildman–Crippen MR) is 87.1 cm³/mol. The van der Waals surface area contributed by atoms with E-state index in [0.717, 1.165) is 36.3 Å². The van der Waals surface area contributed by atoms with Gasteiger partial charge in [0.25, 0.3) is 0 Å². The van der Waals surface area contributed by atoms with E-state index >= 15 is 0 Å². The van der Waals surface area contributed by atoms with Gasteiger partial charge in [0.1, 0.15) is 17.2 Å². The Kier molecular flexibility index (Phi) is 6.14. The van der Waals surface area contributed by atoms with Gasteiger partial charge < -0.3 is 9.47 Å². The third-order valence-electron chi connectivity index (χ3n) is 3.42. The van der Waals surface area contributed by atoms with E-state index in [0.29, 0.717) is 24.8 Å². The fraction of sp³-hybridized carbons (Fsp3) is 0.471. The second kappa shape index (κ2) is 8.31. The molecule has 0 amide bonds. The largest absolute Gasteiger partial charge is 0.497 e. The van der Waals surface area contributed by atoms with Crippen LogP contribution in [-0.4, -0.2) is 35.0 Å². The number of aldehydes is 1. The van der Waals surface area contributed by atoms with E-state index in [1.165, 1.54) is 0 Å². The number of benzene rings is 1. The van der Waals surface area contributed by atoms with Gasteiger partial charge in [-0.1, -0.05) is 19.1 Å². The van der Waals surface area contributed by atoms with Crippen molar-refractivity contribution < 1.29 is 14.3 Å². The Morgan fingerprint density at radius 1 is 1.22 bits per heavy atom. The van der Waals surface area contributed by atoms with Crippen LogP contribution in [0.3, 0.4) is 0 Å². The van der Waals surface area contributed by atoms with Gasteiger partial charge in [0.2, 0.25) is 0 Å². The molecule has 6 heteroatoms. The average molecular weight is 317 g/mol. The summed E-state index contributed by atoms with van der Waals surface area (Å²) in [6.07, 6.45) is 2.36. The highest BCUT2D eigenvalue weighted by Crippen LogP contribution is 2.17. The van der Waals surface area contributed by atoms with Crippen molar-refractivity contribution in [2.75, 3.05) is 13.7 Å². The highest BCUT2D eigenvalue weighted by molar-refractivity contribution is 5.73. The number of ether oxygens (including phenoxy) is 2. The number of aromatic nitrogens is 3. The Bertz CT molecular complexity index is 621. The van der Waals surface area contributed by atoms with Crippen LogP contribution in [-0.2, 0) is 13.0 Å². The number of nitrogens with zero attached hydrogens (tertiary/aromatic N) is 3. The molecule has 124 valence electrons. The number of aryl methyl sites for hydroxylation is 1. The highest BCUT2D eigenvalue weighted by Gasteiger charge is 2.13. The molecule has 0 saturated heterocycles. The third kappa shape index (κ3) is 4.81. The van der Waals surface area contributed by atoms with Crippen LogP contribution in [0, 0.1) is 5.92 Å². The molecule has 0 radical (unpaired) electrons. The molecule has 0 saturated carbocycles. The van der Waals surface area contributed by atoms with Crippen molar-refractivity contribution >= 4 is 6.29 Å². The molecular weight excluding hydrogens is 294 g/mol. The van der Waals surface area contributed by atoms with Crippen LogP contribution in [0.15, 0.2) is 24.3 Å². The van der Waals surface area contributed by atoms with E-state index in [9.17, 15) is 4.79 Å². The zero-order valence-corrected chi connectivity index (χ0v) is 13.9.